The highest BCUT2D eigenvalue weighted by atomic mass is 16.8. The third kappa shape index (κ3) is 3.54. The number of hydrogen-bond acceptors (Lipinski definition) is 7. The first-order valence-corrected chi connectivity index (χ1v) is 12.0. The van der Waals surface area contributed by atoms with Crippen LogP contribution in [0.4, 0.5) is 0 Å². The van der Waals surface area contributed by atoms with E-state index in [-0.39, 0.29) is 19.8 Å². The van der Waals surface area contributed by atoms with Crippen LogP contribution in [0.15, 0.2) is 78.9 Å². The third-order valence-corrected chi connectivity index (χ3v) is 7.65. The van der Waals surface area contributed by atoms with Crippen LogP contribution in [0.25, 0.3) is 0 Å². The van der Waals surface area contributed by atoms with Crippen molar-refractivity contribution in [1.82, 2.24) is 0 Å². The van der Waals surface area contributed by atoms with E-state index < -0.39 is 35.6 Å². The van der Waals surface area contributed by atoms with E-state index in [1.54, 1.807) is 14.2 Å². The highest BCUT2D eigenvalue weighted by Crippen LogP contribution is 2.59. The van der Waals surface area contributed by atoms with Crippen LogP contribution in [0.1, 0.15) is 24.5 Å². The second kappa shape index (κ2) is 8.87. The first kappa shape index (κ1) is 22.3. The van der Waals surface area contributed by atoms with E-state index in [4.69, 9.17) is 29.8 Å². The molecule has 0 aromatic heterocycles. The zero-order valence-corrected chi connectivity index (χ0v) is 20.3. The monoisotopic (exact) mass is 492 g/mol. The van der Waals surface area contributed by atoms with E-state index in [9.17, 15) is 5.11 Å². The van der Waals surface area contributed by atoms with Crippen LogP contribution in [0, 0.1) is 5.92 Å². The average molecular weight is 493 g/mol. The van der Waals surface area contributed by atoms with Gasteiger partial charge < -0.3 is 33.5 Å². The van der Waals surface area contributed by atoms with Gasteiger partial charge >= 0.3 is 0 Å². The van der Waals surface area contributed by atoms with E-state index in [1.807, 2.05) is 78.9 Å². The summed E-state index contributed by atoms with van der Waals surface area (Å²) in [6.07, 6.45) is -0.375. The highest BCUT2D eigenvalue weighted by molar-refractivity contribution is 5.49. The fraction of sp³-hybridized carbons (Fsp3) is 0.379. The molecule has 1 aliphatic carbocycles. The van der Waals surface area contributed by atoms with Gasteiger partial charge in [0.15, 0.2) is 12.6 Å². The first-order valence-electron chi connectivity index (χ1n) is 12.6. The molecule has 7 nitrogen and oxygen atoms in total. The van der Waals surface area contributed by atoms with Crippen molar-refractivity contribution >= 4 is 0 Å². The van der Waals surface area contributed by atoms with Crippen LogP contribution < -0.4 is 9.47 Å². The van der Waals surface area contributed by atoms with E-state index in [1.165, 1.54) is 0 Å². The molecule has 7 heteroatoms. The van der Waals surface area contributed by atoms with Crippen LogP contribution in [-0.4, -0.2) is 56.8 Å². The molecule has 0 radical (unpaired) electrons. The maximum absolute atomic E-state index is 11.0. The van der Waals surface area contributed by atoms with E-state index in [2.05, 4.69) is 0 Å². The lowest BCUT2D eigenvalue weighted by molar-refractivity contribution is -0.406. The van der Waals surface area contributed by atoms with Gasteiger partial charge in [-0.05, 0) is 41.0 Å². The minimum Gasteiger partial charge on any atom is -0.497 e. The smallest absolute Gasteiger partial charge is 0.179 e. The number of aliphatic hydroxyl groups is 1. The predicted octanol–water partition coefficient (Wildman–Crippen LogP) is 3.86. The van der Waals surface area contributed by atoms with Gasteiger partial charge in [0.25, 0.3) is 0 Å². The van der Waals surface area contributed by atoms with Crippen LogP contribution >= 0.6 is 0 Å². The van der Waals surface area contributed by atoms with Crippen molar-refractivity contribution in [3.8, 4) is 11.5 Å². The Bertz CT molecular complexity index is 1190. The number of rotatable bonds is 8. The Balaban J connectivity index is 1.46. The summed E-state index contributed by atoms with van der Waals surface area (Å²) in [7, 11) is 3.27. The Morgan fingerprint density at radius 2 is 1.47 bits per heavy atom. The molecule has 3 fully saturated rings. The van der Waals surface area contributed by atoms with Gasteiger partial charge in [-0.1, -0.05) is 54.6 Å². The molecule has 6 rings (SSSR count). The van der Waals surface area contributed by atoms with Gasteiger partial charge in [0.2, 0.25) is 0 Å². The van der Waals surface area contributed by atoms with Crippen molar-refractivity contribution in [2.24, 2.45) is 5.92 Å². The summed E-state index contributed by atoms with van der Waals surface area (Å²) in [5, 5.41) is 11.0. The average Bonchev–Trinajstić information content (AvgIpc) is 3.20. The Morgan fingerprint density at radius 3 is 2.06 bits per heavy atom. The van der Waals surface area contributed by atoms with E-state index in [0.29, 0.717) is 0 Å². The Hall–Kier alpha value is -2.94. The fourth-order valence-electron chi connectivity index (χ4n) is 5.85. The normalized spacial score (nSPS) is 31.2. The number of methoxy groups -OCH3 is 2. The van der Waals surface area contributed by atoms with Gasteiger partial charge in [-0.2, -0.15) is 0 Å². The van der Waals surface area contributed by atoms with Gasteiger partial charge in [-0.3, -0.25) is 0 Å². The van der Waals surface area contributed by atoms with Crippen molar-refractivity contribution in [3.63, 3.8) is 0 Å². The summed E-state index contributed by atoms with van der Waals surface area (Å²) in [6, 6.07) is 25.6. The Morgan fingerprint density at radius 1 is 0.889 bits per heavy atom. The van der Waals surface area contributed by atoms with Crippen molar-refractivity contribution in [2.45, 2.75) is 29.5 Å². The van der Waals surface area contributed by atoms with Crippen molar-refractivity contribution < 1.29 is 34.9 Å². The molecule has 2 heterocycles. The molecule has 1 saturated carbocycles. The molecule has 36 heavy (non-hydrogen) atoms. The SMILES string of the molecule is [3H][C@@H]1O[C@@]2(COC(c3ccccc3)(c3ccc(OC)cc3)c3ccc(OC)cc3)CC3(O)OCO[C@H]1C32. The second-order valence-electron chi connectivity index (χ2n) is 9.50. The lowest BCUT2D eigenvalue weighted by Gasteiger charge is -2.58. The Kier molecular flexibility index (Phi) is 5.49. The molecular weight excluding hydrogens is 460 g/mol. The summed E-state index contributed by atoms with van der Waals surface area (Å²) in [6.45, 7) is -0.871. The molecule has 3 aromatic rings. The Labute approximate surface area is 211 Å². The topological polar surface area (TPSA) is 75.6 Å². The first-order chi connectivity index (χ1) is 17.9. The number of ether oxygens (including phenoxy) is 6. The molecule has 0 spiro atoms. The summed E-state index contributed by atoms with van der Waals surface area (Å²) >= 11 is 0. The van der Waals surface area contributed by atoms with Crippen LogP contribution in [0.5, 0.6) is 11.5 Å². The van der Waals surface area contributed by atoms with Crippen LogP contribution in [0.3, 0.4) is 0 Å². The van der Waals surface area contributed by atoms with Gasteiger partial charge in [-0.15, -0.1) is 0 Å². The van der Waals surface area contributed by atoms with Gasteiger partial charge in [-0.25, -0.2) is 0 Å². The van der Waals surface area contributed by atoms with Gasteiger partial charge in [0, 0.05) is 6.42 Å². The lowest BCUT2D eigenvalue weighted by atomic mass is 9.63. The van der Waals surface area contributed by atoms with Crippen LogP contribution in [-0.2, 0) is 24.5 Å². The van der Waals surface area contributed by atoms with Crippen LogP contribution in [0.2, 0.25) is 0 Å². The predicted molar refractivity (Wildman–Crippen MR) is 131 cm³/mol. The van der Waals surface area contributed by atoms with Gasteiger partial charge in [0.1, 0.15) is 22.7 Å². The standard InChI is InChI=1S/C29H30O7/c1-31-23-12-8-21(9-13-23)29(20-6-4-3-5-7-20,22-10-14-24(32-2)15-11-22)35-18-27-17-28(30)26(27)25(16-34-27)33-19-36-28/h3-15,25-26,30H,16-19H2,1-2H3/t25-,26?,27-,28?/m1/s1/i16T/t16-,25+,26?,27+,28?/m0. The molecule has 2 aliphatic heterocycles. The maximum Gasteiger partial charge on any atom is 0.179 e. The molecular formula is C29H30O7. The molecule has 2 saturated heterocycles. The minimum atomic E-state index is -1.38. The summed E-state index contributed by atoms with van der Waals surface area (Å²) in [5.41, 5.74) is 0.764. The summed E-state index contributed by atoms with van der Waals surface area (Å²) in [5.74, 6) is -0.425. The molecule has 0 bridgehead atoms. The summed E-state index contributed by atoms with van der Waals surface area (Å²) in [4.78, 5) is 0. The number of hydrogen-bond donors (Lipinski definition) is 1. The molecule has 0 amide bonds. The molecule has 3 aromatic carbocycles. The number of benzene rings is 3. The van der Waals surface area contributed by atoms with E-state index >= 15 is 0 Å². The zero-order chi connectivity index (χ0) is 25.7. The van der Waals surface area contributed by atoms with Crippen molar-refractivity contribution in [3.05, 3.63) is 95.6 Å². The van der Waals surface area contributed by atoms with Gasteiger partial charge in [0.05, 0.1) is 40.8 Å². The molecule has 188 valence electrons. The summed E-state index contributed by atoms with van der Waals surface area (Å²) < 4.78 is 43.6. The molecule has 1 N–H and O–H groups in total. The quantitative estimate of drug-likeness (QED) is 0.479. The van der Waals surface area contributed by atoms with E-state index in [0.717, 1.165) is 28.2 Å². The molecule has 2 unspecified atom stereocenters. The van der Waals surface area contributed by atoms with Crippen molar-refractivity contribution in [1.29, 1.82) is 0 Å². The fourth-order valence-corrected chi connectivity index (χ4v) is 5.85. The zero-order valence-electron chi connectivity index (χ0n) is 21.3. The maximum atomic E-state index is 11.0. The lowest BCUT2D eigenvalue weighted by Crippen LogP contribution is -2.72. The third-order valence-electron chi connectivity index (χ3n) is 7.65. The molecule has 3 aliphatic rings. The molecule has 5 atom stereocenters. The highest BCUT2D eigenvalue weighted by Gasteiger charge is 2.73. The minimum absolute atomic E-state index is 0.0566. The van der Waals surface area contributed by atoms with Crippen molar-refractivity contribution in [2.75, 3.05) is 34.2 Å². The second-order valence-corrected chi connectivity index (χ2v) is 9.50. The largest absolute Gasteiger partial charge is 0.497 e.